The van der Waals surface area contributed by atoms with Crippen molar-refractivity contribution in [2.45, 2.75) is 6.92 Å². The Kier molecular flexibility index (Phi) is 4.49. The van der Waals surface area contributed by atoms with Gasteiger partial charge in [0.05, 0.1) is 5.69 Å². The second-order valence-corrected chi connectivity index (χ2v) is 6.60. The second-order valence-electron chi connectivity index (χ2n) is 6.60. The largest absolute Gasteiger partial charge is 0.320 e. The molecule has 1 N–H and O–H groups in total. The fraction of sp³-hybridized carbons (Fsp3) is 0.143. The molecule has 1 amide bonds. The second kappa shape index (κ2) is 7.11. The number of amides is 1. The first kappa shape index (κ1) is 17.7. The number of nitrogens with zero attached hydrogens (tertiary/aromatic N) is 5. The number of hydrogen-bond acceptors (Lipinski definition) is 4. The van der Waals surface area contributed by atoms with Gasteiger partial charge in [-0.15, -0.1) is 10.2 Å². The predicted octanol–water partition coefficient (Wildman–Crippen LogP) is 3.44. The molecular formula is C21H20N6O. The van der Waals surface area contributed by atoms with E-state index < -0.39 is 0 Å². The Morgan fingerprint density at radius 3 is 2.54 bits per heavy atom. The summed E-state index contributed by atoms with van der Waals surface area (Å²) in [5.41, 5.74) is 4.82. The van der Waals surface area contributed by atoms with Crippen molar-refractivity contribution in [1.82, 2.24) is 24.5 Å². The standard InChI is InChI=1S/C21H20N6O/c1-14-16(20-24-22-13-26(20)2)10-7-11-17(14)23-21(28)18-12-19(27(3)25-18)15-8-5-4-6-9-15/h4-13H,1-3H3,(H,23,28). The predicted molar refractivity (Wildman–Crippen MR) is 108 cm³/mol. The summed E-state index contributed by atoms with van der Waals surface area (Å²) in [6, 6.07) is 17.4. The van der Waals surface area contributed by atoms with Crippen LogP contribution in [0.2, 0.25) is 0 Å². The van der Waals surface area contributed by atoms with Gasteiger partial charge in [0.25, 0.3) is 5.91 Å². The van der Waals surface area contributed by atoms with E-state index in [0.717, 1.165) is 33.9 Å². The molecule has 4 rings (SSSR count). The zero-order valence-electron chi connectivity index (χ0n) is 15.9. The summed E-state index contributed by atoms with van der Waals surface area (Å²) in [5, 5.41) is 15.4. The minimum Gasteiger partial charge on any atom is -0.320 e. The minimum absolute atomic E-state index is 0.254. The third kappa shape index (κ3) is 3.18. The Morgan fingerprint density at radius 2 is 1.82 bits per heavy atom. The van der Waals surface area contributed by atoms with Gasteiger partial charge in [-0.2, -0.15) is 5.10 Å². The summed E-state index contributed by atoms with van der Waals surface area (Å²) in [6.45, 7) is 1.95. The van der Waals surface area contributed by atoms with E-state index in [2.05, 4.69) is 20.6 Å². The fourth-order valence-electron chi connectivity index (χ4n) is 3.18. The highest BCUT2D eigenvalue weighted by molar-refractivity contribution is 6.04. The molecule has 7 nitrogen and oxygen atoms in total. The van der Waals surface area contributed by atoms with Gasteiger partial charge in [0.15, 0.2) is 11.5 Å². The number of nitrogens with one attached hydrogen (secondary N) is 1. The highest BCUT2D eigenvalue weighted by Crippen LogP contribution is 2.27. The third-order valence-electron chi connectivity index (χ3n) is 4.72. The molecule has 0 aliphatic rings. The molecule has 4 aromatic rings. The molecular weight excluding hydrogens is 352 g/mol. The van der Waals surface area contributed by atoms with Crippen molar-refractivity contribution in [3.63, 3.8) is 0 Å². The van der Waals surface area contributed by atoms with Crippen molar-refractivity contribution in [1.29, 1.82) is 0 Å². The van der Waals surface area contributed by atoms with Crippen LogP contribution in [0.4, 0.5) is 5.69 Å². The van der Waals surface area contributed by atoms with Gasteiger partial charge in [-0.1, -0.05) is 42.5 Å². The number of rotatable bonds is 4. The highest BCUT2D eigenvalue weighted by Gasteiger charge is 2.17. The lowest BCUT2D eigenvalue weighted by Gasteiger charge is -2.11. The van der Waals surface area contributed by atoms with E-state index in [0.29, 0.717) is 5.69 Å². The molecule has 2 aromatic heterocycles. The number of aromatic nitrogens is 5. The lowest BCUT2D eigenvalue weighted by atomic mass is 10.1. The van der Waals surface area contributed by atoms with Crippen molar-refractivity contribution in [2.24, 2.45) is 14.1 Å². The van der Waals surface area contributed by atoms with Crippen molar-refractivity contribution in [3.05, 3.63) is 72.2 Å². The maximum Gasteiger partial charge on any atom is 0.276 e. The van der Waals surface area contributed by atoms with E-state index in [1.54, 1.807) is 17.1 Å². The smallest absolute Gasteiger partial charge is 0.276 e. The highest BCUT2D eigenvalue weighted by atomic mass is 16.1. The number of hydrogen-bond donors (Lipinski definition) is 1. The average molecular weight is 372 g/mol. The molecule has 0 saturated heterocycles. The lowest BCUT2D eigenvalue weighted by molar-refractivity contribution is 0.102. The number of benzene rings is 2. The summed E-state index contributed by atoms with van der Waals surface area (Å²) in [4.78, 5) is 12.8. The van der Waals surface area contributed by atoms with Crippen LogP contribution in [0.5, 0.6) is 0 Å². The molecule has 2 aromatic carbocycles. The Balaban J connectivity index is 1.62. The van der Waals surface area contributed by atoms with Crippen LogP contribution in [-0.2, 0) is 14.1 Å². The van der Waals surface area contributed by atoms with E-state index in [9.17, 15) is 4.79 Å². The van der Waals surface area contributed by atoms with E-state index in [-0.39, 0.29) is 5.91 Å². The Bertz CT molecular complexity index is 1140. The van der Waals surface area contributed by atoms with Crippen LogP contribution in [0.1, 0.15) is 16.1 Å². The van der Waals surface area contributed by atoms with Gasteiger partial charge in [-0.05, 0) is 30.2 Å². The molecule has 140 valence electrons. The zero-order chi connectivity index (χ0) is 19.7. The van der Waals surface area contributed by atoms with Gasteiger partial charge in [0, 0.05) is 25.3 Å². The van der Waals surface area contributed by atoms with Crippen LogP contribution >= 0.6 is 0 Å². The molecule has 0 fully saturated rings. The molecule has 28 heavy (non-hydrogen) atoms. The molecule has 0 aliphatic heterocycles. The quantitative estimate of drug-likeness (QED) is 0.595. The Hall–Kier alpha value is -3.74. The molecule has 0 aliphatic carbocycles. The van der Waals surface area contributed by atoms with Gasteiger partial charge >= 0.3 is 0 Å². The monoisotopic (exact) mass is 372 g/mol. The van der Waals surface area contributed by atoms with Gasteiger partial charge < -0.3 is 9.88 Å². The van der Waals surface area contributed by atoms with Gasteiger partial charge in [0.1, 0.15) is 6.33 Å². The number of carbonyl (C=O) groups is 1. The fourth-order valence-corrected chi connectivity index (χ4v) is 3.18. The number of aryl methyl sites for hydroxylation is 2. The first-order valence-corrected chi connectivity index (χ1v) is 8.89. The van der Waals surface area contributed by atoms with Crippen LogP contribution in [0.15, 0.2) is 60.9 Å². The minimum atomic E-state index is -0.254. The molecule has 2 heterocycles. The van der Waals surface area contributed by atoms with E-state index in [1.807, 2.05) is 74.1 Å². The van der Waals surface area contributed by atoms with Crippen LogP contribution in [0.3, 0.4) is 0 Å². The Morgan fingerprint density at radius 1 is 1.04 bits per heavy atom. The van der Waals surface area contributed by atoms with E-state index >= 15 is 0 Å². The zero-order valence-corrected chi connectivity index (χ0v) is 15.9. The van der Waals surface area contributed by atoms with Crippen LogP contribution in [-0.4, -0.2) is 30.5 Å². The van der Waals surface area contributed by atoms with Crippen LogP contribution in [0, 0.1) is 6.92 Å². The summed E-state index contributed by atoms with van der Waals surface area (Å²) in [6.07, 6.45) is 1.65. The molecule has 7 heteroatoms. The number of carbonyl (C=O) groups excluding carboxylic acids is 1. The van der Waals surface area contributed by atoms with Gasteiger partial charge in [-0.25, -0.2) is 0 Å². The van der Waals surface area contributed by atoms with E-state index in [4.69, 9.17) is 0 Å². The van der Waals surface area contributed by atoms with Crippen molar-refractivity contribution >= 4 is 11.6 Å². The summed E-state index contributed by atoms with van der Waals surface area (Å²) >= 11 is 0. The van der Waals surface area contributed by atoms with Gasteiger partial charge in [0.2, 0.25) is 0 Å². The summed E-state index contributed by atoms with van der Waals surface area (Å²) < 4.78 is 3.56. The molecule has 0 radical (unpaired) electrons. The maximum atomic E-state index is 12.8. The van der Waals surface area contributed by atoms with Crippen LogP contribution < -0.4 is 5.32 Å². The molecule has 0 bridgehead atoms. The normalized spacial score (nSPS) is 10.8. The molecule has 0 spiro atoms. The van der Waals surface area contributed by atoms with Crippen molar-refractivity contribution < 1.29 is 4.79 Å². The topological polar surface area (TPSA) is 77.6 Å². The van der Waals surface area contributed by atoms with Gasteiger partial charge in [-0.3, -0.25) is 9.48 Å². The first-order valence-electron chi connectivity index (χ1n) is 8.89. The average Bonchev–Trinajstić information content (AvgIpc) is 3.30. The molecule has 0 saturated carbocycles. The van der Waals surface area contributed by atoms with Crippen molar-refractivity contribution in [3.8, 4) is 22.6 Å². The van der Waals surface area contributed by atoms with E-state index in [1.165, 1.54) is 0 Å². The molecule has 0 unspecified atom stereocenters. The lowest BCUT2D eigenvalue weighted by Crippen LogP contribution is -2.14. The summed E-state index contributed by atoms with van der Waals surface area (Å²) in [5.74, 6) is 0.494. The molecule has 0 atom stereocenters. The Labute approximate surface area is 162 Å². The first-order chi connectivity index (χ1) is 13.5. The van der Waals surface area contributed by atoms with Crippen molar-refractivity contribution in [2.75, 3.05) is 5.32 Å². The summed E-state index contributed by atoms with van der Waals surface area (Å²) in [7, 11) is 3.72. The third-order valence-corrected chi connectivity index (χ3v) is 4.72. The number of anilines is 1. The SMILES string of the molecule is Cc1c(NC(=O)c2cc(-c3ccccc3)n(C)n2)cccc1-c1nncn1C. The maximum absolute atomic E-state index is 12.8. The van der Waals surface area contributed by atoms with Crippen LogP contribution in [0.25, 0.3) is 22.6 Å².